The quantitative estimate of drug-likeness (QED) is 0.730. The maximum Gasteiger partial charge on any atom is 0.339 e. The van der Waals surface area contributed by atoms with E-state index >= 15 is 0 Å². The molecule has 0 saturated heterocycles. The van der Waals surface area contributed by atoms with Gasteiger partial charge >= 0.3 is 5.97 Å². The van der Waals surface area contributed by atoms with E-state index in [0.717, 1.165) is 11.1 Å². The van der Waals surface area contributed by atoms with Gasteiger partial charge < -0.3 is 4.74 Å². The van der Waals surface area contributed by atoms with Gasteiger partial charge in [0.25, 0.3) is 0 Å². The van der Waals surface area contributed by atoms with Crippen molar-refractivity contribution < 1.29 is 9.53 Å². The summed E-state index contributed by atoms with van der Waals surface area (Å²) in [4.78, 5) is 12.4. The molecule has 2 heteroatoms. The van der Waals surface area contributed by atoms with Crippen LogP contribution in [0.25, 0.3) is 11.1 Å². The van der Waals surface area contributed by atoms with Crippen LogP contribution < -0.4 is 0 Å². The molecule has 2 nitrogen and oxygen atoms in total. The zero-order chi connectivity index (χ0) is 15.6. The average Bonchev–Trinajstić information content (AvgIpc) is 2.40. The monoisotopic (exact) mass is 282 g/mol. The smallest absolute Gasteiger partial charge is 0.339 e. The van der Waals surface area contributed by atoms with Crippen LogP contribution in [0.2, 0.25) is 0 Å². The molecule has 0 spiro atoms. The number of hydrogen-bond donors (Lipinski definition) is 0. The molecule has 0 atom stereocenters. The fraction of sp³-hybridized carbons (Fsp3) is 0.316. The van der Waals surface area contributed by atoms with E-state index in [1.807, 2.05) is 51.1 Å². The molecule has 0 amide bonds. The average molecular weight is 282 g/mol. The molecule has 0 unspecified atom stereocenters. The lowest BCUT2D eigenvalue weighted by atomic mass is 9.96. The first-order chi connectivity index (χ1) is 9.78. The van der Waals surface area contributed by atoms with Gasteiger partial charge in [-0.2, -0.15) is 0 Å². The van der Waals surface area contributed by atoms with Crippen molar-refractivity contribution in [1.82, 2.24) is 0 Å². The molecule has 0 N–H and O–H groups in total. The van der Waals surface area contributed by atoms with Gasteiger partial charge in [0.2, 0.25) is 0 Å². The largest absolute Gasteiger partial charge is 0.456 e. The summed E-state index contributed by atoms with van der Waals surface area (Å²) in [5.41, 5.74) is 4.53. The molecule has 0 bridgehead atoms. The Bertz CT molecular complexity index is 664. The van der Waals surface area contributed by atoms with E-state index in [0.29, 0.717) is 5.56 Å². The summed E-state index contributed by atoms with van der Waals surface area (Å²) in [5.74, 6) is -0.281. The van der Waals surface area contributed by atoms with Crippen molar-refractivity contribution in [2.45, 2.75) is 40.2 Å². The Morgan fingerprint density at radius 1 is 0.952 bits per heavy atom. The number of carbonyl (C=O) groups excluding carboxylic acids is 1. The second-order valence-corrected chi connectivity index (χ2v) is 6.35. The van der Waals surface area contributed by atoms with Gasteiger partial charge in [-0.1, -0.05) is 36.4 Å². The molecule has 2 aromatic carbocycles. The van der Waals surface area contributed by atoms with Crippen molar-refractivity contribution in [2.75, 3.05) is 0 Å². The zero-order valence-corrected chi connectivity index (χ0v) is 13.4. The van der Waals surface area contributed by atoms with Crippen LogP contribution in [0.15, 0.2) is 42.5 Å². The highest BCUT2D eigenvalue weighted by atomic mass is 16.6. The summed E-state index contributed by atoms with van der Waals surface area (Å²) >= 11 is 0. The first-order valence-corrected chi connectivity index (χ1v) is 7.18. The van der Waals surface area contributed by atoms with E-state index in [1.165, 1.54) is 11.1 Å². The van der Waals surface area contributed by atoms with E-state index in [4.69, 9.17) is 4.74 Å². The Balaban J connectivity index is 2.46. The van der Waals surface area contributed by atoms with Crippen LogP contribution in [0.3, 0.4) is 0 Å². The fourth-order valence-electron chi connectivity index (χ4n) is 2.15. The summed E-state index contributed by atoms with van der Waals surface area (Å²) in [6, 6.07) is 13.8. The fourth-order valence-corrected chi connectivity index (χ4v) is 2.15. The lowest BCUT2D eigenvalue weighted by molar-refractivity contribution is 0.00705. The summed E-state index contributed by atoms with van der Waals surface area (Å²) in [7, 11) is 0. The lowest BCUT2D eigenvalue weighted by Gasteiger charge is -2.20. The molecule has 2 aromatic rings. The Hall–Kier alpha value is -2.09. The van der Waals surface area contributed by atoms with Gasteiger partial charge in [0.05, 0.1) is 5.56 Å². The normalized spacial score (nSPS) is 11.3. The molecule has 0 saturated carbocycles. The SMILES string of the molecule is Cc1ccc(-c2ccccc2C(=O)OC(C)(C)C)cc1C. The Labute approximate surface area is 126 Å². The Morgan fingerprint density at radius 3 is 2.24 bits per heavy atom. The maximum absolute atomic E-state index is 12.4. The summed E-state index contributed by atoms with van der Waals surface area (Å²) < 4.78 is 5.50. The van der Waals surface area contributed by atoms with Crippen molar-refractivity contribution >= 4 is 5.97 Å². The van der Waals surface area contributed by atoms with Crippen molar-refractivity contribution in [1.29, 1.82) is 0 Å². The third kappa shape index (κ3) is 3.72. The minimum atomic E-state index is -0.493. The molecule has 0 aliphatic heterocycles. The molecule has 0 aliphatic carbocycles. The van der Waals surface area contributed by atoms with E-state index in [-0.39, 0.29) is 5.97 Å². The minimum Gasteiger partial charge on any atom is -0.456 e. The molecule has 0 aromatic heterocycles. The van der Waals surface area contributed by atoms with Crippen LogP contribution in [-0.4, -0.2) is 11.6 Å². The molecule has 0 fully saturated rings. The van der Waals surface area contributed by atoms with Gasteiger partial charge in [0.1, 0.15) is 5.60 Å². The second kappa shape index (κ2) is 5.72. The number of rotatable bonds is 2. The summed E-state index contributed by atoms with van der Waals surface area (Å²) in [6.45, 7) is 9.80. The van der Waals surface area contributed by atoms with Crippen molar-refractivity contribution in [3.8, 4) is 11.1 Å². The first kappa shape index (κ1) is 15.3. The predicted molar refractivity (Wildman–Crippen MR) is 86.5 cm³/mol. The number of aryl methyl sites for hydroxylation is 2. The van der Waals surface area contributed by atoms with Crippen LogP contribution in [0.1, 0.15) is 42.3 Å². The third-order valence-electron chi connectivity index (χ3n) is 3.36. The van der Waals surface area contributed by atoms with E-state index in [1.54, 1.807) is 0 Å². The Morgan fingerprint density at radius 2 is 1.62 bits per heavy atom. The summed E-state index contributed by atoms with van der Waals surface area (Å²) in [5, 5.41) is 0. The van der Waals surface area contributed by atoms with Crippen LogP contribution in [0.5, 0.6) is 0 Å². The van der Waals surface area contributed by atoms with Crippen LogP contribution >= 0.6 is 0 Å². The molecule has 0 aliphatic rings. The molecular formula is C19H22O2. The molecule has 0 radical (unpaired) electrons. The highest BCUT2D eigenvalue weighted by Crippen LogP contribution is 2.27. The van der Waals surface area contributed by atoms with Crippen molar-refractivity contribution in [3.05, 3.63) is 59.2 Å². The van der Waals surface area contributed by atoms with Gasteiger partial charge in [-0.05, 0) is 62.9 Å². The van der Waals surface area contributed by atoms with Gasteiger partial charge in [0.15, 0.2) is 0 Å². The minimum absolute atomic E-state index is 0.281. The highest BCUT2D eigenvalue weighted by Gasteiger charge is 2.20. The second-order valence-electron chi connectivity index (χ2n) is 6.35. The standard InChI is InChI=1S/C19H22O2/c1-13-10-11-15(12-14(13)2)16-8-6-7-9-17(16)18(20)21-19(3,4)5/h6-12H,1-5H3. The number of ether oxygens (including phenoxy) is 1. The van der Waals surface area contributed by atoms with Crippen molar-refractivity contribution in [2.24, 2.45) is 0 Å². The molecule has 110 valence electrons. The van der Waals surface area contributed by atoms with E-state index in [2.05, 4.69) is 26.0 Å². The van der Waals surface area contributed by atoms with Crippen LogP contribution in [0, 0.1) is 13.8 Å². The van der Waals surface area contributed by atoms with Crippen LogP contribution in [-0.2, 0) is 4.74 Å². The van der Waals surface area contributed by atoms with Gasteiger partial charge in [0, 0.05) is 0 Å². The van der Waals surface area contributed by atoms with Crippen molar-refractivity contribution in [3.63, 3.8) is 0 Å². The molecule has 21 heavy (non-hydrogen) atoms. The zero-order valence-electron chi connectivity index (χ0n) is 13.4. The first-order valence-electron chi connectivity index (χ1n) is 7.18. The number of carbonyl (C=O) groups is 1. The van der Waals surface area contributed by atoms with Gasteiger partial charge in [-0.15, -0.1) is 0 Å². The maximum atomic E-state index is 12.4. The van der Waals surface area contributed by atoms with Crippen LogP contribution in [0.4, 0.5) is 0 Å². The molecule has 2 rings (SSSR count). The summed E-state index contributed by atoms with van der Waals surface area (Å²) in [6.07, 6.45) is 0. The predicted octanol–water partition coefficient (Wildman–Crippen LogP) is 4.93. The topological polar surface area (TPSA) is 26.3 Å². The van der Waals surface area contributed by atoms with Gasteiger partial charge in [-0.25, -0.2) is 4.79 Å². The molecule has 0 heterocycles. The lowest BCUT2D eigenvalue weighted by Crippen LogP contribution is -2.24. The van der Waals surface area contributed by atoms with E-state index in [9.17, 15) is 4.79 Å². The van der Waals surface area contributed by atoms with E-state index < -0.39 is 5.60 Å². The highest BCUT2D eigenvalue weighted by molar-refractivity contribution is 5.97. The number of benzene rings is 2. The molecular weight excluding hydrogens is 260 g/mol. The number of esters is 1. The third-order valence-corrected chi connectivity index (χ3v) is 3.36. The number of hydrogen-bond acceptors (Lipinski definition) is 2. The Kier molecular flexibility index (Phi) is 4.17. The van der Waals surface area contributed by atoms with Gasteiger partial charge in [-0.3, -0.25) is 0 Å².